The van der Waals surface area contributed by atoms with Gasteiger partial charge in [-0.25, -0.2) is 0 Å². The van der Waals surface area contributed by atoms with E-state index in [4.69, 9.17) is 0 Å². The molecule has 0 heterocycles. The molecule has 0 fully saturated rings. The quantitative estimate of drug-likeness (QED) is 0.772. The number of hydrogen-bond donors (Lipinski definition) is 1. The molecule has 0 aromatic heterocycles. The van der Waals surface area contributed by atoms with Gasteiger partial charge in [0, 0.05) is 0 Å². The van der Waals surface area contributed by atoms with Crippen LogP contribution in [-0.2, 0) is 0 Å². The van der Waals surface area contributed by atoms with Crippen LogP contribution in [0, 0.1) is 0 Å². The van der Waals surface area contributed by atoms with Crippen LogP contribution in [0.2, 0.25) is 0 Å². The minimum Gasteiger partial charge on any atom is -0.389 e. The molecule has 0 saturated heterocycles. The Morgan fingerprint density at radius 2 is 2.00 bits per heavy atom. The van der Waals surface area contributed by atoms with E-state index in [0.717, 1.165) is 24.0 Å². The standard InChI is InChI=1S/C13H18O/c1-3-7-13(14)11(2)10-12-8-5-4-6-9-12/h4-6,8-10,13-14H,3,7H2,1-2H3/b11-10+/t13-/m1/s1. The number of rotatable bonds is 4. The SMILES string of the molecule is CCC[C@@H](O)/C(C)=C/c1ccccc1. The molecule has 76 valence electrons. The first-order valence-corrected chi connectivity index (χ1v) is 5.15. The van der Waals surface area contributed by atoms with Gasteiger partial charge < -0.3 is 5.11 Å². The summed E-state index contributed by atoms with van der Waals surface area (Å²) in [5.74, 6) is 0. The van der Waals surface area contributed by atoms with Crippen LogP contribution in [0.3, 0.4) is 0 Å². The molecule has 1 nitrogen and oxygen atoms in total. The molecule has 0 bridgehead atoms. The van der Waals surface area contributed by atoms with Gasteiger partial charge in [-0.05, 0) is 24.5 Å². The Bertz CT molecular complexity index is 287. The first kappa shape index (κ1) is 11.0. The second kappa shape index (κ2) is 5.61. The fourth-order valence-electron chi connectivity index (χ4n) is 1.41. The van der Waals surface area contributed by atoms with Crippen LogP contribution in [-0.4, -0.2) is 11.2 Å². The highest BCUT2D eigenvalue weighted by Crippen LogP contribution is 2.12. The number of aliphatic hydroxyl groups excluding tert-OH is 1. The molecular formula is C13H18O. The lowest BCUT2D eigenvalue weighted by Crippen LogP contribution is -2.06. The molecule has 0 radical (unpaired) electrons. The molecule has 1 aromatic carbocycles. The second-order valence-corrected chi connectivity index (χ2v) is 3.60. The van der Waals surface area contributed by atoms with Gasteiger partial charge in [-0.3, -0.25) is 0 Å². The molecule has 0 saturated carbocycles. The highest BCUT2D eigenvalue weighted by Gasteiger charge is 2.03. The Kier molecular flexibility index (Phi) is 4.41. The third-order valence-electron chi connectivity index (χ3n) is 2.28. The molecule has 0 aliphatic rings. The van der Waals surface area contributed by atoms with Gasteiger partial charge in [0.15, 0.2) is 0 Å². The van der Waals surface area contributed by atoms with Crippen molar-refractivity contribution < 1.29 is 5.11 Å². The molecule has 1 N–H and O–H groups in total. The third kappa shape index (κ3) is 3.35. The summed E-state index contributed by atoms with van der Waals surface area (Å²) < 4.78 is 0. The zero-order valence-electron chi connectivity index (χ0n) is 8.90. The van der Waals surface area contributed by atoms with Crippen LogP contribution < -0.4 is 0 Å². The lowest BCUT2D eigenvalue weighted by atomic mass is 10.0. The van der Waals surface area contributed by atoms with Crippen LogP contribution >= 0.6 is 0 Å². The Hall–Kier alpha value is -1.08. The normalized spacial score (nSPS) is 14.1. The van der Waals surface area contributed by atoms with Gasteiger partial charge in [0.25, 0.3) is 0 Å². The van der Waals surface area contributed by atoms with Gasteiger partial charge in [0.05, 0.1) is 6.10 Å². The van der Waals surface area contributed by atoms with E-state index in [1.54, 1.807) is 0 Å². The fourth-order valence-corrected chi connectivity index (χ4v) is 1.41. The summed E-state index contributed by atoms with van der Waals surface area (Å²) in [4.78, 5) is 0. The minimum atomic E-state index is -0.291. The zero-order chi connectivity index (χ0) is 10.4. The van der Waals surface area contributed by atoms with E-state index in [9.17, 15) is 5.11 Å². The second-order valence-electron chi connectivity index (χ2n) is 3.60. The largest absolute Gasteiger partial charge is 0.389 e. The van der Waals surface area contributed by atoms with E-state index in [1.807, 2.05) is 43.3 Å². The average molecular weight is 190 g/mol. The van der Waals surface area contributed by atoms with Crippen molar-refractivity contribution in [3.8, 4) is 0 Å². The Morgan fingerprint density at radius 1 is 1.36 bits per heavy atom. The first-order valence-electron chi connectivity index (χ1n) is 5.15. The van der Waals surface area contributed by atoms with Crippen LogP contribution in [0.5, 0.6) is 0 Å². The van der Waals surface area contributed by atoms with Crippen LogP contribution in [0.25, 0.3) is 6.08 Å². The molecule has 14 heavy (non-hydrogen) atoms. The van der Waals surface area contributed by atoms with Gasteiger partial charge >= 0.3 is 0 Å². The lowest BCUT2D eigenvalue weighted by Gasteiger charge is -2.09. The van der Waals surface area contributed by atoms with Crippen molar-refractivity contribution in [2.24, 2.45) is 0 Å². The molecule has 0 aliphatic carbocycles. The van der Waals surface area contributed by atoms with Crippen molar-refractivity contribution in [2.45, 2.75) is 32.8 Å². The van der Waals surface area contributed by atoms with Crippen LogP contribution in [0.15, 0.2) is 35.9 Å². The highest BCUT2D eigenvalue weighted by atomic mass is 16.3. The van der Waals surface area contributed by atoms with Crippen molar-refractivity contribution in [3.05, 3.63) is 41.5 Å². The van der Waals surface area contributed by atoms with Gasteiger partial charge in [0.2, 0.25) is 0 Å². The Balaban J connectivity index is 2.68. The minimum absolute atomic E-state index is 0.291. The molecule has 0 aliphatic heterocycles. The molecule has 1 atom stereocenters. The molecule has 0 spiro atoms. The smallest absolute Gasteiger partial charge is 0.0750 e. The maximum Gasteiger partial charge on any atom is 0.0750 e. The summed E-state index contributed by atoms with van der Waals surface area (Å²) in [6, 6.07) is 10.1. The molecule has 1 aromatic rings. The summed E-state index contributed by atoms with van der Waals surface area (Å²) in [5.41, 5.74) is 2.19. The lowest BCUT2D eigenvalue weighted by molar-refractivity contribution is 0.200. The molecule has 1 rings (SSSR count). The maximum atomic E-state index is 9.71. The van der Waals surface area contributed by atoms with Crippen molar-refractivity contribution in [3.63, 3.8) is 0 Å². The van der Waals surface area contributed by atoms with Crippen molar-refractivity contribution in [1.29, 1.82) is 0 Å². The van der Waals surface area contributed by atoms with E-state index in [0.29, 0.717) is 0 Å². The first-order chi connectivity index (χ1) is 6.74. The van der Waals surface area contributed by atoms with Crippen molar-refractivity contribution in [1.82, 2.24) is 0 Å². The van der Waals surface area contributed by atoms with E-state index in [1.165, 1.54) is 0 Å². The summed E-state index contributed by atoms with van der Waals surface area (Å²) in [7, 11) is 0. The van der Waals surface area contributed by atoms with E-state index in [2.05, 4.69) is 6.92 Å². The van der Waals surface area contributed by atoms with Crippen LogP contribution in [0.4, 0.5) is 0 Å². The summed E-state index contributed by atoms with van der Waals surface area (Å²) >= 11 is 0. The molecular weight excluding hydrogens is 172 g/mol. The zero-order valence-corrected chi connectivity index (χ0v) is 8.90. The topological polar surface area (TPSA) is 20.2 Å². The van der Waals surface area contributed by atoms with E-state index in [-0.39, 0.29) is 6.10 Å². The number of aliphatic hydroxyl groups is 1. The number of benzene rings is 1. The van der Waals surface area contributed by atoms with Gasteiger partial charge in [0.1, 0.15) is 0 Å². The Labute approximate surface area is 86.1 Å². The number of hydrogen-bond acceptors (Lipinski definition) is 1. The van der Waals surface area contributed by atoms with Crippen LogP contribution in [0.1, 0.15) is 32.3 Å². The monoisotopic (exact) mass is 190 g/mol. The average Bonchev–Trinajstić information content (AvgIpc) is 2.19. The Morgan fingerprint density at radius 3 is 2.57 bits per heavy atom. The van der Waals surface area contributed by atoms with Crippen molar-refractivity contribution in [2.75, 3.05) is 0 Å². The molecule has 0 unspecified atom stereocenters. The van der Waals surface area contributed by atoms with Crippen molar-refractivity contribution >= 4 is 6.08 Å². The summed E-state index contributed by atoms with van der Waals surface area (Å²) in [6.07, 6.45) is 3.61. The van der Waals surface area contributed by atoms with Gasteiger partial charge in [-0.1, -0.05) is 49.8 Å². The third-order valence-corrected chi connectivity index (χ3v) is 2.28. The van der Waals surface area contributed by atoms with Gasteiger partial charge in [-0.2, -0.15) is 0 Å². The predicted molar refractivity (Wildman–Crippen MR) is 61.0 cm³/mol. The maximum absolute atomic E-state index is 9.71. The summed E-state index contributed by atoms with van der Waals surface area (Å²) in [6.45, 7) is 4.06. The van der Waals surface area contributed by atoms with Gasteiger partial charge in [-0.15, -0.1) is 0 Å². The predicted octanol–water partition coefficient (Wildman–Crippen LogP) is 3.25. The summed E-state index contributed by atoms with van der Waals surface area (Å²) in [5, 5.41) is 9.71. The van der Waals surface area contributed by atoms with E-state index >= 15 is 0 Å². The molecule has 0 amide bonds. The highest BCUT2D eigenvalue weighted by molar-refractivity contribution is 5.52. The van der Waals surface area contributed by atoms with E-state index < -0.39 is 0 Å². The fraction of sp³-hybridized carbons (Fsp3) is 0.385. The molecule has 1 heteroatoms.